The summed E-state index contributed by atoms with van der Waals surface area (Å²) in [6.07, 6.45) is 3.12. The first-order valence-electron chi connectivity index (χ1n) is 8.80. The molecule has 1 atom stereocenters. The lowest BCUT2D eigenvalue weighted by molar-refractivity contribution is -0.127. The van der Waals surface area contributed by atoms with Gasteiger partial charge in [-0.1, -0.05) is 13.8 Å². The van der Waals surface area contributed by atoms with Crippen LogP contribution < -0.4 is 10.2 Å². The molecule has 7 heteroatoms. The van der Waals surface area contributed by atoms with Gasteiger partial charge in [0.05, 0.1) is 12.2 Å². The van der Waals surface area contributed by atoms with E-state index in [0.29, 0.717) is 25.9 Å². The van der Waals surface area contributed by atoms with Gasteiger partial charge in [0.1, 0.15) is 11.9 Å². The summed E-state index contributed by atoms with van der Waals surface area (Å²) >= 11 is 1.91. The van der Waals surface area contributed by atoms with E-state index in [1.165, 1.54) is 6.42 Å². The Morgan fingerprint density at radius 1 is 1.42 bits per heavy atom. The van der Waals surface area contributed by atoms with Gasteiger partial charge in [-0.25, -0.2) is 4.68 Å². The molecule has 0 saturated carbocycles. The Bertz CT molecular complexity index is 573. The molecular formula is C17H28N4O2S. The van der Waals surface area contributed by atoms with Gasteiger partial charge in [0, 0.05) is 19.0 Å². The second kappa shape index (κ2) is 9.11. The molecule has 0 aliphatic carbocycles. The molecule has 0 spiro atoms. The summed E-state index contributed by atoms with van der Waals surface area (Å²) in [5.41, 5.74) is 0.868. The summed E-state index contributed by atoms with van der Waals surface area (Å²) in [7, 11) is 0. The van der Waals surface area contributed by atoms with E-state index in [2.05, 4.69) is 17.3 Å². The van der Waals surface area contributed by atoms with Crippen molar-refractivity contribution < 1.29 is 9.59 Å². The Morgan fingerprint density at radius 2 is 2.21 bits per heavy atom. The summed E-state index contributed by atoms with van der Waals surface area (Å²) in [5, 5.41) is 7.39. The van der Waals surface area contributed by atoms with E-state index in [1.807, 2.05) is 36.4 Å². The van der Waals surface area contributed by atoms with Crippen LogP contribution in [0.5, 0.6) is 0 Å². The fourth-order valence-corrected chi connectivity index (χ4v) is 3.75. The van der Waals surface area contributed by atoms with E-state index in [1.54, 1.807) is 4.90 Å². The van der Waals surface area contributed by atoms with E-state index in [-0.39, 0.29) is 11.8 Å². The van der Waals surface area contributed by atoms with Gasteiger partial charge in [0.25, 0.3) is 0 Å². The zero-order valence-corrected chi connectivity index (χ0v) is 15.7. The molecule has 0 fully saturated rings. The van der Waals surface area contributed by atoms with Crippen LogP contribution in [0.3, 0.4) is 0 Å². The van der Waals surface area contributed by atoms with E-state index in [0.717, 1.165) is 29.4 Å². The molecule has 1 aromatic heterocycles. The molecule has 6 nitrogen and oxygen atoms in total. The average Bonchev–Trinajstić information content (AvgIpc) is 2.94. The number of nitrogens with one attached hydrogen (secondary N) is 1. The number of amides is 2. The highest BCUT2D eigenvalue weighted by atomic mass is 32.2. The Hall–Kier alpha value is -1.50. The van der Waals surface area contributed by atoms with Crippen LogP contribution in [0.1, 0.15) is 45.2 Å². The van der Waals surface area contributed by atoms with Gasteiger partial charge in [-0.15, -0.1) is 0 Å². The third kappa shape index (κ3) is 4.53. The fourth-order valence-electron chi connectivity index (χ4n) is 2.91. The van der Waals surface area contributed by atoms with Gasteiger partial charge in [0.15, 0.2) is 0 Å². The predicted molar refractivity (Wildman–Crippen MR) is 98.4 cm³/mol. The molecule has 0 saturated heterocycles. The quantitative estimate of drug-likeness (QED) is 0.693. The second-order valence-electron chi connectivity index (χ2n) is 6.06. The summed E-state index contributed by atoms with van der Waals surface area (Å²) in [4.78, 5) is 26.6. The van der Waals surface area contributed by atoms with Crippen molar-refractivity contribution in [2.24, 2.45) is 0 Å². The maximum atomic E-state index is 12.6. The van der Waals surface area contributed by atoms with E-state index < -0.39 is 6.04 Å². The van der Waals surface area contributed by atoms with E-state index in [4.69, 9.17) is 0 Å². The lowest BCUT2D eigenvalue weighted by Gasteiger charge is -2.33. The van der Waals surface area contributed by atoms with Gasteiger partial charge < -0.3 is 5.32 Å². The van der Waals surface area contributed by atoms with Crippen molar-refractivity contribution in [3.63, 3.8) is 0 Å². The normalized spacial score (nSPS) is 15.3. The molecule has 24 heavy (non-hydrogen) atoms. The SMILES string of the molecule is CCCSCCCNC(=O)[C@H](CC)N1C(=O)CCn2nc(C)cc21. The maximum Gasteiger partial charge on any atom is 0.243 e. The summed E-state index contributed by atoms with van der Waals surface area (Å²) in [6.45, 7) is 7.26. The van der Waals surface area contributed by atoms with Crippen molar-refractivity contribution in [3.05, 3.63) is 11.8 Å². The number of aryl methyl sites for hydroxylation is 2. The molecule has 0 radical (unpaired) electrons. The molecule has 1 aliphatic heterocycles. The number of hydrogen-bond donors (Lipinski definition) is 1. The Morgan fingerprint density at radius 3 is 2.92 bits per heavy atom. The van der Waals surface area contributed by atoms with Crippen LogP contribution in [0.4, 0.5) is 5.82 Å². The third-order valence-electron chi connectivity index (χ3n) is 4.05. The molecule has 2 rings (SSSR count). The minimum Gasteiger partial charge on any atom is -0.354 e. The van der Waals surface area contributed by atoms with Crippen LogP contribution >= 0.6 is 11.8 Å². The molecule has 2 amide bonds. The molecule has 0 unspecified atom stereocenters. The van der Waals surface area contributed by atoms with Gasteiger partial charge in [-0.3, -0.25) is 14.5 Å². The van der Waals surface area contributed by atoms with Gasteiger partial charge in [-0.05, 0) is 37.7 Å². The minimum absolute atomic E-state index is 0.00269. The Kier molecular flexibility index (Phi) is 7.15. The molecule has 2 heterocycles. The first-order valence-corrected chi connectivity index (χ1v) is 9.95. The van der Waals surface area contributed by atoms with E-state index in [9.17, 15) is 9.59 Å². The zero-order valence-electron chi connectivity index (χ0n) is 14.9. The third-order valence-corrected chi connectivity index (χ3v) is 5.32. The Labute approximate surface area is 148 Å². The number of fused-ring (bicyclic) bond motifs is 1. The standard InChI is InChI=1S/C17H28N4O2S/c1-4-10-24-11-6-8-18-17(23)14(5-2)21-15-12-13(3)19-20(15)9-7-16(21)22/h12,14H,4-11H2,1-3H3,(H,18,23)/t14-/m0/s1. The number of nitrogens with zero attached hydrogens (tertiary/aromatic N) is 3. The van der Waals surface area contributed by atoms with Crippen LogP contribution in [0.25, 0.3) is 0 Å². The molecule has 1 aliphatic rings. The van der Waals surface area contributed by atoms with Gasteiger partial charge >= 0.3 is 0 Å². The number of rotatable bonds is 9. The number of carbonyl (C=O) groups excluding carboxylic acids is 2. The highest BCUT2D eigenvalue weighted by molar-refractivity contribution is 7.99. The largest absolute Gasteiger partial charge is 0.354 e. The minimum atomic E-state index is -0.462. The van der Waals surface area contributed by atoms with Crippen molar-refractivity contribution in [2.45, 2.75) is 59.0 Å². The number of carbonyl (C=O) groups is 2. The first kappa shape index (κ1) is 18.8. The maximum absolute atomic E-state index is 12.6. The molecular weight excluding hydrogens is 324 g/mol. The Balaban J connectivity index is 1.97. The smallest absolute Gasteiger partial charge is 0.243 e. The number of hydrogen-bond acceptors (Lipinski definition) is 4. The van der Waals surface area contributed by atoms with Crippen LogP contribution in [0.15, 0.2) is 6.07 Å². The monoisotopic (exact) mass is 352 g/mol. The van der Waals surface area contributed by atoms with Crippen molar-refractivity contribution in [3.8, 4) is 0 Å². The van der Waals surface area contributed by atoms with Gasteiger partial charge in [0.2, 0.25) is 11.8 Å². The first-order chi connectivity index (χ1) is 11.6. The van der Waals surface area contributed by atoms with Crippen LogP contribution in [0, 0.1) is 6.92 Å². The lowest BCUT2D eigenvalue weighted by Crippen LogP contribution is -2.52. The topological polar surface area (TPSA) is 67.2 Å². The van der Waals surface area contributed by atoms with Gasteiger partial charge in [-0.2, -0.15) is 16.9 Å². The number of anilines is 1. The van der Waals surface area contributed by atoms with Crippen LogP contribution in [-0.2, 0) is 16.1 Å². The van der Waals surface area contributed by atoms with Crippen molar-refractivity contribution in [2.75, 3.05) is 23.0 Å². The van der Waals surface area contributed by atoms with Crippen molar-refractivity contribution in [1.29, 1.82) is 0 Å². The summed E-state index contributed by atoms with van der Waals surface area (Å²) < 4.78 is 1.83. The molecule has 0 aromatic carbocycles. The van der Waals surface area contributed by atoms with Crippen LogP contribution in [-0.4, -0.2) is 45.7 Å². The van der Waals surface area contributed by atoms with Crippen molar-refractivity contribution in [1.82, 2.24) is 15.1 Å². The highest BCUT2D eigenvalue weighted by Gasteiger charge is 2.34. The average molecular weight is 353 g/mol. The van der Waals surface area contributed by atoms with Crippen molar-refractivity contribution >= 4 is 29.4 Å². The fraction of sp³-hybridized carbons (Fsp3) is 0.706. The van der Waals surface area contributed by atoms with E-state index >= 15 is 0 Å². The van der Waals surface area contributed by atoms with Crippen LogP contribution in [0.2, 0.25) is 0 Å². The number of thioether (sulfide) groups is 1. The molecule has 1 N–H and O–H groups in total. The summed E-state index contributed by atoms with van der Waals surface area (Å²) in [6, 6.07) is 1.42. The predicted octanol–water partition coefficient (Wildman–Crippen LogP) is 2.36. The molecule has 1 aromatic rings. The zero-order chi connectivity index (χ0) is 17.5. The molecule has 0 bridgehead atoms. The number of aromatic nitrogens is 2. The lowest BCUT2D eigenvalue weighted by atomic mass is 10.1. The summed E-state index contributed by atoms with van der Waals surface area (Å²) in [5.74, 6) is 2.89. The molecule has 134 valence electrons. The highest BCUT2D eigenvalue weighted by Crippen LogP contribution is 2.25. The second-order valence-corrected chi connectivity index (χ2v) is 7.29.